The average molecular weight is 427 g/mol. The van der Waals surface area contributed by atoms with Gasteiger partial charge in [0.25, 0.3) is 0 Å². The van der Waals surface area contributed by atoms with Gasteiger partial charge in [0.05, 0.1) is 17.6 Å². The number of nitrogens with one attached hydrogen (secondary N) is 1. The highest BCUT2D eigenvalue weighted by Gasteiger charge is 2.23. The Morgan fingerprint density at radius 1 is 0.906 bits per heavy atom. The summed E-state index contributed by atoms with van der Waals surface area (Å²) in [7, 11) is 4.35. The van der Waals surface area contributed by atoms with Crippen molar-refractivity contribution in [1.82, 2.24) is 24.3 Å². The summed E-state index contributed by atoms with van der Waals surface area (Å²) in [5.74, 6) is 0.702. The van der Waals surface area contributed by atoms with E-state index in [2.05, 4.69) is 88.2 Å². The van der Waals surface area contributed by atoms with Crippen LogP contribution in [0, 0.1) is 6.92 Å². The maximum atomic E-state index is 4.92. The molecule has 0 spiro atoms. The Morgan fingerprint density at radius 2 is 1.69 bits per heavy atom. The van der Waals surface area contributed by atoms with E-state index in [1.807, 2.05) is 18.5 Å². The van der Waals surface area contributed by atoms with Crippen molar-refractivity contribution in [2.24, 2.45) is 0 Å². The second-order valence-electron chi connectivity index (χ2n) is 8.99. The Kier molecular flexibility index (Phi) is 5.62. The SMILES string of the molecule is Cc1cnc(NC2CCC(N(C)C)CC2)nc1-c1cnc2ccc(-c3ccccc3)cn12. The van der Waals surface area contributed by atoms with Crippen molar-refractivity contribution in [2.45, 2.75) is 44.7 Å². The smallest absolute Gasteiger partial charge is 0.223 e. The van der Waals surface area contributed by atoms with Crippen LogP contribution in [0.15, 0.2) is 61.1 Å². The Morgan fingerprint density at radius 3 is 2.44 bits per heavy atom. The lowest BCUT2D eigenvalue weighted by molar-refractivity contribution is 0.221. The summed E-state index contributed by atoms with van der Waals surface area (Å²) in [6.45, 7) is 2.06. The third-order valence-corrected chi connectivity index (χ3v) is 6.59. The summed E-state index contributed by atoms with van der Waals surface area (Å²) < 4.78 is 2.13. The van der Waals surface area contributed by atoms with Crippen LogP contribution >= 0.6 is 0 Å². The molecule has 164 valence electrons. The Hall–Kier alpha value is -3.25. The predicted octanol–water partition coefficient (Wildman–Crippen LogP) is 5.05. The third-order valence-electron chi connectivity index (χ3n) is 6.59. The Balaban J connectivity index is 1.43. The Labute approximate surface area is 189 Å². The molecule has 1 fully saturated rings. The lowest BCUT2D eigenvalue weighted by Crippen LogP contribution is -2.36. The van der Waals surface area contributed by atoms with Gasteiger partial charge in [0, 0.05) is 24.5 Å². The molecule has 5 rings (SSSR count). The van der Waals surface area contributed by atoms with Crippen LogP contribution in [0.25, 0.3) is 28.2 Å². The highest BCUT2D eigenvalue weighted by molar-refractivity contribution is 5.69. The van der Waals surface area contributed by atoms with Crippen LogP contribution in [0.2, 0.25) is 0 Å². The topological polar surface area (TPSA) is 58.4 Å². The maximum Gasteiger partial charge on any atom is 0.223 e. The van der Waals surface area contributed by atoms with Crippen LogP contribution in [-0.2, 0) is 0 Å². The van der Waals surface area contributed by atoms with Crippen molar-refractivity contribution >= 4 is 11.6 Å². The molecule has 0 saturated heterocycles. The highest BCUT2D eigenvalue weighted by Crippen LogP contribution is 2.28. The zero-order valence-electron chi connectivity index (χ0n) is 19.0. The summed E-state index contributed by atoms with van der Waals surface area (Å²) in [5.41, 5.74) is 6.19. The lowest BCUT2D eigenvalue weighted by atomic mass is 9.90. The molecule has 1 aliphatic rings. The first-order valence-electron chi connectivity index (χ1n) is 11.4. The molecule has 4 aromatic rings. The molecule has 0 aliphatic heterocycles. The normalized spacial score (nSPS) is 18.9. The van der Waals surface area contributed by atoms with E-state index in [-0.39, 0.29) is 0 Å². The Bertz CT molecular complexity index is 1210. The molecule has 1 N–H and O–H groups in total. The van der Waals surface area contributed by atoms with E-state index >= 15 is 0 Å². The number of aromatic nitrogens is 4. The molecule has 0 radical (unpaired) electrons. The molecule has 1 saturated carbocycles. The van der Waals surface area contributed by atoms with E-state index in [9.17, 15) is 0 Å². The fourth-order valence-corrected chi connectivity index (χ4v) is 4.65. The highest BCUT2D eigenvalue weighted by atomic mass is 15.1. The fourth-order valence-electron chi connectivity index (χ4n) is 4.65. The fraction of sp³-hybridized carbons (Fsp3) is 0.346. The first-order valence-corrected chi connectivity index (χ1v) is 11.4. The second kappa shape index (κ2) is 8.71. The summed E-state index contributed by atoms with van der Waals surface area (Å²) >= 11 is 0. The van der Waals surface area contributed by atoms with Gasteiger partial charge in [-0.1, -0.05) is 30.3 Å². The zero-order chi connectivity index (χ0) is 22.1. The van der Waals surface area contributed by atoms with Crippen LogP contribution in [0.3, 0.4) is 0 Å². The molecule has 0 amide bonds. The molecule has 32 heavy (non-hydrogen) atoms. The van der Waals surface area contributed by atoms with E-state index in [1.54, 1.807) is 0 Å². The van der Waals surface area contributed by atoms with Gasteiger partial charge in [-0.05, 0) is 75.5 Å². The average Bonchev–Trinajstić information content (AvgIpc) is 3.24. The van der Waals surface area contributed by atoms with E-state index in [0.717, 1.165) is 41.0 Å². The molecule has 0 unspecified atom stereocenters. The predicted molar refractivity (Wildman–Crippen MR) is 130 cm³/mol. The number of rotatable bonds is 5. The largest absolute Gasteiger partial charge is 0.351 e. The molecular formula is C26H30N6. The van der Waals surface area contributed by atoms with Crippen LogP contribution in [-0.4, -0.2) is 50.4 Å². The van der Waals surface area contributed by atoms with Crippen molar-refractivity contribution in [1.29, 1.82) is 0 Å². The van der Waals surface area contributed by atoms with Crippen LogP contribution in [0.5, 0.6) is 0 Å². The summed E-state index contributed by atoms with van der Waals surface area (Å²) in [4.78, 5) is 16.5. The van der Waals surface area contributed by atoms with Gasteiger partial charge < -0.3 is 10.2 Å². The number of pyridine rings is 1. The van der Waals surface area contributed by atoms with Crippen LogP contribution in [0.1, 0.15) is 31.2 Å². The number of fused-ring (bicyclic) bond motifs is 1. The van der Waals surface area contributed by atoms with Gasteiger partial charge in [-0.3, -0.25) is 4.40 Å². The van der Waals surface area contributed by atoms with Gasteiger partial charge in [0.2, 0.25) is 5.95 Å². The first-order chi connectivity index (χ1) is 15.6. The van der Waals surface area contributed by atoms with Crippen molar-refractivity contribution in [2.75, 3.05) is 19.4 Å². The monoisotopic (exact) mass is 426 g/mol. The van der Waals surface area contributed by atoms with Crippen molar-refractivity contribution in [3.05, 3.63) is 66.6 Å². The van der Waals surface area contributed by atoms with Crippen molar-refractivity contribution in [3.8, 4) is 22.5 Å². The molecule has 3 heterocycles. The molecule has 0 bridgehead atoms. The van der Waals surface area contributed by atoms with Gasteiger partial charge in [0.15, 0.2) is 0 Å². The first kappa shape index (κ1) is 20.6. The lowest BCUT2D eigenvalue weighted by Gasteiger charge is -2.33. The van der Waals surface area contributed by atoms with E-state index in [4.69, 9.17) is 4.98 Å². The molecule has 6 heteroatoms. The maximum absolute atomic E-state index is 4.92. The van der Waals surface area contributed by atoms with E-state index in [0.29, 0.717) is 18.0 Å². The number of hydrogen-bond acceptors (Lipinski definition) is 5. The van der Waals surface area contributed by atoms with Crippen molar-refractivity contribution in [3.63, 3.8) is 0 Å². The van der Waals surface area contributed by atoms with Crippen molar-refractivity contribution < 1.29 is 0 Å². The van der Waals surface area contributed by atoms with E-state index in [1.165, 1.54) is 18.4 Å². The zero-order valence-corrected chi connectivity index (χ0v) is 19.0. The second-order valence-corrected chi connectivity index (χ2v) is 8.99. The number of nitrogens with zero attached hydrogens (tertiary/aromatic N) is 5. The van der Waals surface area contributed by atoms with Gasteiger partial charge in [-0.2, -0.15) is 0 Å². The van der Waals surface area contributed by atoms with Gasteiger partial charge in [-0.15, -0.1) is 0 Å². The molecular weight excluding hydrogens is 396 g/mol. The molecule has 1 aliphatic carbocycles. The number of aryl methyl sites for hydroxylation is 1. The molecule has 1 aromatic carbocycles. The molecule has 6 nitrogen and oxygen atoms in total. The minimum Gasteiger partial charge on any atom is -0.351 e. The van der Waals surface area contributed by atoms with Crippen LogP contribution in [0.4, 0.5) is 5.95 Å². The molecule has 0 atom stereocenters. The quantitative estimate of drug-likeness (QED) is 0.484. The summed E-state index contributed by atoms with van der Waals surface area (Å²) in [6, 6.07) is 15.7. The van der Waals surface area contributed by atoms with Gasteiger partial charge >= 0.3 is 0 Å². The number of hydrogen-bond donors (Lipinski definition) is 1. The van der Waals surface area contributed by atoms with E-state index < -0.39 is 0 Å². The third kappa shape index (κ3) is 4.10. The molecule has 3 aromatic heterocycles. The summed E-state index contributed by atoms with van der Waals surface area (Å²) in [6.07, 6.45) is 10.7. The number of imidazole rings is 1. The standard InChI is InChI=1S/C26H30N6/c1-18-15-28-26(29-21-10-12-22(13-11-21)31(2)3)30-25(18)23-16-27-24-14-9-20(17-32(23)24)19-7-5-4-6-8-19/h4-9,14-17,21-22H,10-13H2,1-3H3,(H,28,29,30). The minimum atomic E-state index is 0.425. The minimum absolute atomic E-state index is 0.425. The number of anilines is 1. The number of benzene rings is 1. The summed E-state index contributed by atoms with van der Waals surface area (Å²) in [5, 5.41) is 3.58. The van der Waals surface area contributed by atoms with Crippen LogP contribution < -0.4 is 5.32 Å². The van der Waals surface area contributed by atoms with Gasteiger partial charge in [-0.25, -0.2) is 15.0 Å². The van der Waals surface area contributed by atoms with Gasteiger partial charge in [0.1, 0.15) is 5.65 Å².